The van der Waals surface area contributed by atoms with Gasteiger partial charge in [0, 0.05) is 0 Å². The van der Waals surface area contributed by atoms with E-state index in [1.54, 1.807) is 0 Å². The molecule has 2 N–H and O–H groups in total. The first-order chi connectivity index (χ1) is 8.02. The summed E-state index contributed by atoms with van der Waals surface area (Å²) >= 11 is 43.3. The second-order valence-corrected chi connectivity index (χ2v) is 13.7. The predicted molar refractivity (Wildman–Crippen MR) is 94.5 cm³/mol. The summed E-state index contributed by atoms with van der Waals surface area (Å²) in [5.41, 5.74) is 0. The molecule has 122 valence electrons. The summed E-state index contributed by atoms with van der Waals surface area (Å²) in [6, 6.07) is 0. The van der Waals surface area contributed by atoms with Crippen LogP contribution in [0.15, 0.2) is 0 Å². The van der Waals surface area contributed by atoms with Crippen LogP contribution in [0, 0.1) is 8.59 Å². The summed E-state index contributed by atoms with van der Waals surface area (Å²) in [5, 5.41) is 8.01. The van der Waals surface area contributed by atoms with Gasteiger partial charge >= 0.3 is 19.5 Å². The van der Waals surface area contributed by atoms with Crippen LogP contribution in [0.2, 0.25) is 19.6 Å². The largest absolute Gasteiger partial charge is 2.00 e. The summed E-state index contributed by atoms with van der Waals surface area (Å²) in [5.74, 6) is 0. The van der Waals surface area contributed by atoms with Gasteiger partial charge < -0.3 is 79.5 Å². The van der Waals surface area contributed by atoms with E-state index in [0.29, 0.717) is 0 Å². The van der Waals surface area contributed by atoms with E-state index in [-0.39, 0.29) is 28.1 Å². The molecule has 0 saturated carbocycles. The van der Waals surface area contributed by atoms with Gasteiger partial charge in [0.1, 0.15) is 0 Å². The topological polar surface area (TPSA) is 40.5 Å². The second-order valence-electron chi connectivity index (χ2n) is 3.37. The standard InChI is InChI=1S/C3H10OSi.C2H3Cl3O.2CCl3.Zn/c1-5(2,3)4;3-2(4,5)1-6;2*2-1(3)4;/h4H,1-3H3;6H,1H2;;;/q;;2*-1;+2. The molecule has 0 unspecified atom stereocenters. The van der Waals surface area contributed by atoms with Gasteiger partial charge in [0.25, 0.3) is 0 Å². The van der Waals surface area contributed by atoms with Crippen LogP contribution >= 0.6 is 104 Å². The maximum Gasteiger partial charge on any atom is 2.00 e. The quantitative estimate of drug-likeness (QED) is 0.210. The molecule has 0 bridgehead atoms. The minimum atomic E-state index is -1.61. The smallest absolute Gasteiger partial charge is 0.433 e. The van der Waals surface area contributed by atoms with Gasteiger partial charge in [0.15, 0.2) is 8.32 Å². The summed E-state index contributed by atoms with van der Waals surface area (Å²) < 4.78 is -1.82. The molecule has 0 radical (unpaired) electrons. The molecule has 0 aliphatic rings. The third kappa shape index (κ3) is 219. The Morgan fingerprint density at radius 2 is 0.900 bits per heavy atom. The molecule has 0 rings (SSSR count). The molecule has 0 atom stereocenters. The van der Waals surface area contributed by atoms with Crippen LogP contribution in [0.25, 0.3) is 0 Å². The van der Waals surface area contributed by atoms with Crippen molar-refractivity contribution >= 4 is 113 Å². The molecule has 0 aromatic rings. The average molecular weight is 542 g/mol. The van der Waals surface area contributed by atoms with E-state index in [1.165, 1.54) is 0 Å². The first-order valence-electron chi connectivity index (χ1n) is 4.09. The number of aliphatic hydroxyl groups is 1. The fourth-order valence-corrected chi connectivity index (χ4v) is 0. The second kappa shape index (κ2) is 20.4. The van der Waals surface area contributed by atoms with Crippen molar-refractivity contribution in [2.24, 2.45) is 0 Å². The van der Waals surface area contributed by atoms with Crippen LogP contribution in [-0.4, -0.2) is 28.6 Å². The Kier molecular flexibility index (Phi) is 35.4. The molecular weight excluding hydrogens is 529 g/mol. The van der Waals surface area contributed by atoms with Gasteiger partial charge in [0.2, 0.25) is 3.79 Å². The Bertz CT molecular complexity index is 157. The van der Waals surface area contributed by atoms with Crippen molar-refractivity contribution in [1.29, 1.82) is 0 Å². The van der Waals surface area contributed by atoms with Crippen molar-refractivity contribution in [3.05, 3.63) is 8.59 Å². The van der Waals surface area contributed by atoms with Crippen LogP contribution < -0.4 is 0 Å². The Labute approximate surface area is 179 Å². The van der Waals surface area contributed by atoms with E-state index < -0.39 is 18.7 Å². The van der Waals surface area contributed by atoms with Crippen molar-refractivity contribution in [3.8, 4) is 0 Å². The molecule has 20 heavy (non-hydrogen) atoms. The van der Waals surface area contributed by atoms with Crippen molar-refractivity contribution in [2.75, 3.05) is 6.61 Å². The van der Waals surface area contributed by atoms with Gasteiger partial charge in [-0.3, -0.25) is 0 Å². The summed E-state index contributed by atoms with van der Waals surface area (Å²) in [4.78, 5) is 8.66. The van der Waals surface area contributed by atoms with Crippen LogP contribution in [0.5, 0.6) is 0 Å². The Morgan fingerprint density at radius 3 is 0.900 bits per heavy atom. The Balaban J connectivity index is -0.0000000499. The number of hydrogen-bond donors (Lipinski definition) is 2. The van der Waals surface area contributed by atoms with E-state index in [2.05, 4.69) is 0 Å². The molecular formula is C7H13Cl9O2SiZn. The maximum atomic E-state index is 8.66. The van der Waals surface area contributed by atoms with E-state index in [9.17, 15) is 0 Å². The van der Waals surface area contributed by atoms with Crippen molar-refractivity contribution in [1.82, 2.24) is 0 Å². The fourth-order valence-electron chi connectivity index (χ4n) is 0. The van der Waals surface area contributed by atoms with Crippen molar-refractivity contribution in [3.63, 3.8) is 0 Å². The third-order valence-electron chi connectivity index (χ3n) is 0.179. The van der Waals surface area contributed by atoms with Gasteiger partial charge in [-0.25, -0.2) is 0 Å². The van der Waals surface area contributed by atoms with Gasteiger partial charge in [-0.05, 0) is 19.6 Å². The number of aliphatic hydroxyl groups excluding tert-OH is 1. The summed E-state index contributed by atoms with van der Waals surface area (Å²) in [6.45, 7) is 5.21. The van der Waals surface area contributed by atoms with Gasteiger partial charge in [0.05, 0.1) is 6.61 Å². The average Bonchev–Trinajstić information content (AvgIpc) is 1.96. The zero-order chi connectivity index (χ0) is 16.9. The molecule has 0 aliphatic carbocycles. The molecule has 0 aliphatic heterocycles. The summed E-state index contributed by atoms with van der Waals surface area (Å²) in [6.07, 6.45) is 0. The first kappa shape index (κ1) is 34.7. The van der Waals surface area contributed by atoms with Crippen LogP contribution in [0.1, 0.15) is 0 Å². The number of alkyl halides is 3. The van der Waals surface area contributed by atoms with E-state index >= 15 is 0 Å². The normalized spacial score (nSPS) is 10.2. The Morgan fingerprint density at radius 1 is 0.850 bits per heavy atom. The van der Waals surface area contributed by atoms with E-state index in [0.717, 1.165) is 0 Å². The molecule has 0 heterocycles. The SMILES string of the molecule is C[Si](C)(C)O.Cl[C-](Cl)Cl.Cl[C-](Cl)Cl.OCC(Cl)(Cl)Cl.[Zn+2]. The van der Waals surface area contributed by atoms with Crippen molar-refractivity contribution in [2.45, 2.75) is 23.4 Å². The third-order valence-corrected chi connectivity index (χ3v) is 0.538. The molecule has 13 heteroatoms. The summed E-state index contributed by atoms with van der Waals surface area (Å²) in [7, 11) is -1.61. The molecule has 0 amide bonds. The van der Waals surface area contributed by atoms with E-state index in [1.807, 2.05) is 19.6 Å². The fraction of sp³-hybridized carbons (Fsp3) is 0.714. The minimum absolute atomic E-state index is 0. The maximum absolute atomic E-state index is 8.66. The van der Waals surface area contributed by atoms with Gasteiger partial charge in [-0.1, -0.05) is 43.4 Å². The van der Waals surface area contributed by atoms with Gasteiger partial charge in [-0.15, -0.1) is 0 Å². The Hall–Kier alpha value is 3.37. The number of hydrogen-bond acceptors (Lipinski definition) is 2. The minimum Gasteiger partial charge on any atom is -0.433 e. The molecule has 0 saturated heterocycles. The zero-order valence-electron chi connectivity index (χ0n) is 10.7. The van der Waals surface area contributed by atoms with Crippen LogP contribution in [0.4, 0.5) is 0 Å². The number of halogens is 9. The van der Waals surface area contributed by atoms with Crippen molar-refractivity contribution < 1.29 is 29.4 Å². The molecule has 0 fully saturated rings. The molecule has 0 aromatic carbocycles. The predicted octanol–water partition coefficient (Wildman–Crippen LogP) is 6.46. The molecule has 0 aromatic heterocycles. The first-order valence-corrected chi connectivity index (χ1v) is 10.9. The van der Waals surface area contributed by atoms with E-state index in [4.69, 9.17) is 114 Å². The molecule has 0 spiro atoms. The zero-order valence-corrected chi connectivity index (χ0v) is 21.5. The van der Waals surface area contributed by atoms with Crippen LogP contribution in [0.3, 0.4) is 0 Å². The van der Waals surface area contributed by atoms with Crippen LogP contribution in [-0.2, 0) is 19.5 Å². The molecule has 2 nitrogen and oxygen atoms in total. The number of rotatable bonds is 0. The van der Waals surface area contributed by atoms with Gasteiger partial charge in [-0.2, -0.15) is 0 Å². The monoisotopic (exact) mass is 536 g/mol.